The molecule has 0 radical (unpaired) electrons. The summed E-state index contributed by atoms with van der Waals surface area (Å²) in [5.74, 6) is 0.0606. The third kappa shape index (κ3) is 5.48. The van der Waals surface area contributed by atoms with E-state index in [-0.39, 0.29) is 6.54 Å². The van der Waals surface area contributed by atoms with E-state index in [9.17, 15) is 18.3 Å². The van der Waals surface area contributed by atoms with Crippen LogP contribution in [0.1, 0.15) is 32.0 Å². The van der Waals surface area contributed by atoms with Crippen LogP contribution >= 0.6 is 0 Å². The highest BCUT2D eigenvalue weighted by atomic mass is 19.4. The van der Waals surface area contributed by atoms with Gasteiger partial charge in [-0.05, 0) is 19.8 Å². The molecular formula is C17H28F3N5O. The highest BCUT2D eigenvalue weighted by Crippen LogP contribution is 2.40. The monoisotopic (exact) mass is 375 g/mol. The van der Waals surface area contributed by atoms with Crippen LogP contribution < -0.4 is 5.32 Å². The lowest BCUT2D eigenvalue weighted by Gasteiger charge is -2.29. The molecule has 1 aromatic rings. The molecule has 1 rings (SSSR count). The average molecular weight is 375 g/mol. The Morgan fingerprint density at radius 1 is 1.50 bits per heavy atom. The molecule has 1 atom stereocenters. The number of imidazole rings is 1. The predicted octanol–water partition coefficient (Wildman–Crippen LogP) is 2.42. The van der Waals surface area contributed by atoms with Gasteiger partial charge in [0.15, 0.2) is 5.96 Å². The van der Waals surface area contributed by atoms with Crippen molar-refractivity contribution in [3.8, 4) is 0 Å². The van der Waals surface area contributed by atoms with E-state index in [1.165, 1.54) is 24.0 Å². The van der Waals surface area contributed by atoms with Crippen LogP contribution in [0.5, 0.6) is 0 Å². The van der Waals surface area contributed by atoms with Crippen LogP contribution in [0.4, 0.5) is 13.2 Å². The Labute approximate surface area is 152 Å². The van der Waals surface area contributed by atoms with Gasteiger partial charge in [0.1, 0.15) is 5.82 Å². The summed E-state index contributed by atoms with van der Waals surface area (Å²) in [5.41, 5.74) is -3.05. The van der Waals surface area contributed by atoms with E-state index in [0.29, 0.717) is 19.0 Å². The molecule has 0 spiro atoms. The molecule has 0 amide bonds. The van der Waals surface area contributed by atoms with Gasteiger partial charge in [-0.3, -0.25) is 4.99 Å². The lowest BCUT2D eigenvalue weighted by Crippen LogP contribution is -2.45. The maximum atomic E-state index is 13.5. The number of aliphatic hydroxyl groups is 1. The van der Waals surface area contributed by atoms with E-state index in [0.717, 1.165) is 12.8 Å². The number of guanidine groups is 1. The van der Waals surface area contributed by atoms with E-state index < -0.39 is 24.0 Å². The highest BCUT2D eigenvalue weighted by Gasteiger charge is 2.57. The lowest BCUT2D eigenvalue weighted by molar-refractivity contribution is -0.272. The number of aliphatic imine (C=N–C) groups is 1. The molecule has 0 bridgehead atoms. The van der Waals surface area contributed by atoms with Crippen molar-refractivity contribution < 1.29 is 18.3 Å². The Balaban J connectivity index is 2.90. The SMILES string of the molecule is C=CCCCN(C)C(=NCCC(O)(c1nccn1C)C(F)(F)F)NCC. The Kier molecular flexibility index (Phi) is 8.13. The first-order chi connectivity index (χ1) is 12.2. The van der Waals surface area contributed by atoms with Crippen molar-refractivity contribution in [2.45, 2.75) is 38.0 Å². The third-order valence-electron chi connectivity index (χ3n) is 3.99. The number of rotatable bonds is 9. The largest absolute Gasteiger partial charge is 0.424 e. The predicted molar refractivity (Wildman–Crippen MR) is 95.8 cm³/mol. The minimum absolute atomic E-state index is 0.197. The van der Waals surface area contributed by atoms with Gasteiger partial charge >= 0.3 is 6.18 Å². The van der Waals surface area contributed by atoms with Crippen molar-refractivity contribution in [1.82, 2.24) is 19.8 Å². The number of unbranched alkanes of at least 4 members (excludes halogenated alkanes) is 1. The van der Waals surface area contributed by atoms with Gasteiger partial charge in [0, 0.05) is 52.5 Å². The van der Waals surface area contributed by atoms with Crippen molar-refractivity contribution in [3.05, 3.63) is 30.9 Å². The summed E-state index contributed by atoms with van der Waals surface area (Å²) in [4.78, 5) is 9.77. The number of halogens is 3. The summed E-state index contributed by atoms with van der Waals surface area (Å²) in [6.45, 7) is 6.63. The van der Waals surface area contributed by atoms with Crippen molar-refractivity contribution in [3.63, 3.8) is 0 Å². The maximum Gasteiger partial charge on any atom is 0.424 e. The molecule has 0 aliphatic rings. The van der Waals surface area contributed by atoms with E-state index in [1.54, 1.807) is 0 Å². The Morgan fingerprint density at radius 3 is 2.69 bits per heavy atom. The van der Waals surface area contributed by atoms with Crippen molar-refractivity contribution in [1.29, 1.82) is 0 Å². The smallest absolute Gasteiger partial charge is 0.374 e. The van der Waals surface area contributed by atoms with Crippen molar-refractivity contribution in [2.24, 2.45) is 12.0 Å². The topological polar surface area (TPSA) is 65.7 Å². The molecule has 0 aliphatic heterocycles. The van der Waals surface area contributed by atoms with Gasteiger partial charge in [-0.1, -0.05) is 6.08 Å². The number of aromatic nitrogens is 2. The van der Waals surface area contributed by atoms with E-state index >= 15 is 0 Å². The van der Waals surface area contributed by atoms with Gasteiger partial charge in [0.25, 0.3) is 0 Å². The molecule has 0 aromatic carbocycles. The molecule has 0 fully saturated rings. The standard InChI is InChI=1S/C17H28F3N5O/c1-5-7-8-12-25(4)15(21-6-2)23-10-9-16(26,17(18,19)20)14-22-11-13-24(14)3/h5,11,13,26H,1,6-10,12H2,2-4H3,(H,21,23). The van der Waals surface area contributed by atoms with Gasteiger partial charge in [-0.2, -0.15) is 13.2 Å². The van der Waals surface area contributed by atoms with Gasteiger partial charge in [0.2, 0.25) is 5.60 Å². The number of hydrogen-bond acceptors (Lipinski definition) is 3. The quantitative estimate of drug-likeness (QED) is 0.301. The van der Waals surface area contributed by atoms with Crippen LogP contribution in [0.3, 0.4) is 0 Å². The molecule has 9 heteroatoms. The molecule has 6 nitrogen and oxygen atoms in total. The first-order valence-corrected chi connectivity index (χ1v) is 8.54. The first kappa shape index (κ1) is 22.0. The van der Waals surface area contributed by atoms with Gasteiger partial charge in [-0.15, -0.1) is 6.58 Å². The van der Waals surface area contributed by atoms with Crippen LogP contribution in [0, 0.1) is 0 Å². The number of nitrogens with zero attached hydrogens (tertiary/aromatic N) is 4. The molecule has 0 saturated heterocycles. The molecule has 1 aromatic heterocycles. The second-order valence-electron chi connectivity index (χ2n) is 6.06. The fourth-order valence-electron chi connectivity index (χ4n) is 2.52. The molecule has 26 heavy (non-hydrogen) atoms. The zero-order valence-electron chi connectivity index (χ0n) is 15.6. The molecule has 148 valence electrons. The minimum Gasteiger partial charge on any atom is -0.374 e. The van der Waals surface area contributed by atoms with Crippen LogP contribution in [0.15, 0.2) is 30.0 Å². The Morgan fingerprint density at radius 2 is 2.19 bits per heavy atom. The molecule has 0 aliphatic carbocycles. The number of hydrogen-bond donors (Lipinski definition) is 2. The number of nitrogens with one attached hydrogen (secondary N) is 1. The summed E-state index contributed by atoms with van der Waals surface area (Å²) in [6.07, 6.45) is 0.654. The summed E-state index contributed by atoms with van der Waals surface area (Å²) < 4.78 is 41.7. The summed E-state index contributed by atoms with van der Waals surface area (Å²) >= 11 is 0. The molecule has 2 N–H and O–H groups in total. The normalized spacial score (nSPS) is 14.8. The zero-order chi connectivity index (χ0) is 19.8. The molecular weight excluding hydrogens is 347 g/mol. The van der Waals surface area contributed by atoms with Crippen LogP contribution in [-0.2, 0) is 12.6 Å². The molecule has 0 saturated carbocycles. The van der Waals surface area contributed by atoms with Crippen LogP contribution in [0.2, 0.25) is 0 Å². The van der Waals surface area contributed by atoms with E-state index in [4.69, 9.17) is 0 Å². The fraction of sp³-hybridized carbons (Fsp3) is 0.647. The maximum absolute atomic E-state index is 13.5. The summed E-state index contributed by atoms with van der Waals surface area (Å²) in [7, 11) is 3.24. The molecule has 1 heterocycles. The van der Waals surface area contributed by atoms with Gasteiger partial charge < -0.3 is 19.9 Å². The minimum atomic E-state index is -4.85. The molecule has 1 unspecified atom stereocenters. The Hall–Kier alpha value is -2.03. The summed E-state index contributed by atoms with van der Waals surface area (Å²) in [6, 6.07) is 0. The number of alkyl halides is 3. The van der Waals surface area contributed by atoms with Crippen molar-refractivity contribution >= 4 is 5.96 Å². The van der Waals surface area contributed by atoms with Crippen LogP contribution in [-0.4, -0.2) is 58.4 Å². The van der Waals surface area contributed by atoms with Gasteiger partial charge in [0.05, 0.1) is 0 Å². The first-order valence-electron chi connectivity index (χ1n) is 8.54. The highest BCUT2D eigenvalue weighted by molar-refractivity contribution is 5.79. The van der Waals surface area contributed by atoms with E-state index in [1.807, 2.05) is 24.9 Å². The number of allylic oxidation sites excluding steroid dienone is 1. The third-order valence-corrected chi connectivity index (χ3v) is 3.99. The number of aryl methyl sites for hydroxylation is 1. The fourth-order valence-corrected chi connectivity index (χ4v) is 2.52. The average Bonchev–Trinajstić information content (AvgIpc) is 2.99. The lowest BCUT2D eigenvalue weighted by atomic mass is 9.98. The summed E-state index contributed by atoms with van der Waals surface area (Å²) in [5, 5.41) is 13.4. The zero-order valence-corrected chi connectivity index (χ0v) is 15.6. The van der Waals surface area contributed by atoms with E-state index in [2.05, 4.69) is 21.9 Å². The van der Waals surface area contributed by atoms with Crippen molar-refractivity contribution in [2.75, 3.05) is 26.7 Å². The van der Waals surface area contributed by atoms with Gasteiger partial charge in [-0.25, -0.2) is 4.98 Å². The Bertz CT molecular complexity index is 599. The second-order valence-corrected chi connectivity index (χ2v) is 6.06. The van der Waals surface area contributed by atoms with Crippen LogP contribution in [0.25, 0.3) is 0 Å². The second kappa shape index (κ2) is 9.61.